The molecule has 3 aromatic carbocycles. The summed E-state index contributed by atoms with van der Waals surface area (Å²) in [6, 6.07) is 31.2. The topological polar surface area (TPSA) is 74.2 Å². The zero-order chi connectivity index (χ0) is 30.4. The second-order valence-corrected chi connectivity index (χ2v) is 11.5. The number of nitrogens with zero attached hydrogens (tertiary/aromatic N) is 1. The molecule has 0 aliphatic heterocycles. The van der Waals surface area contributed by atoms with Gasteiger partial charge in [0.2, 0.25) is 0 Å². The minimum absolute atomic E-state index is 0. The monoisotopic (exact) mass is 600 g/mol. The predicted molar refractivity (Wildman–Crippen MR) is 173 cm³/mol. The summed E-state index contributed by atoms with van der Waals surface area (Å²) < 4.78 is 2.04. The first-order chi connectivity index (χ1) is 20.9. The molecule has 0 radical (unpaired) electrons. The standard InChI is InChI=1S/C38H46N2O3.Na/c1-3-36-35(27-34(40(36)2)21-12-22-37(41)42)38(43)32-23-25-33(26-24-32)39-28-31(19-10-17-29-13-6-4-7-14-29)20-11-18-30-15-8-5-9-16-30;/h4-9,13-16,23-27,31,39H,3,10-12,17-22,28H2,1-2H3,(H,41,42);/q;+1/p-1. The molecule has 0 saturated carbocycles. The molecule has 0 aliphatic carbocycles. The van der Waals surface area contributed by atoms with Crippen molar-refractivity contribution in [2.75, 3.05) is 11.9 Å². The van der Waals surface area contributed by atoms with Crippen LogP contribution in [0.25, 0.3) is 0 Å². The maximum Gasteiger partial charge on any atom is 1.00 e. The molecule has 0 amide bonds. The molecule has 0 spiro atoms. The largest absolute Gasteiger partial charge is 1.00 e. The second-order valence-electron chi connectivity index (χ2n) is 11.5. The Morgan fingerprint density at radius 2 is 1.36 bits per heavy atom. The molecule has 0 fully saturated rings. The van der Waals surface area contributed by atoms with Crippen molar-refractivity contribution in [3.05, 3.63) is 125 Å². The number of nitrogens with one attached hydrogen (secondary N) is 1. The Labute approximate surface area is 285 Å². The fraction of sp³-hybridized carbons (Fsp3) is 0.368. The van der Waals surface area contributed by atoms with Gasteiger partial charge in [-0.15, -0.1) is 0 Å². The molecule has 1 heterocycles. The number of anilines is 1. The summed E-state index contributed by atoms with van der Waals surface area (Å²) in [5.74, 6) is -0.467. The average molecular weight is 601 g/mol. The van der Waals surface area contributed by atoms with Gasteiger partial charge < -0.3 is 19.8 Å². The summed E-state index contributed by atoms with van der Waals surface area (Å²) >= 11 is 0. The molecule has 6 heteroatoms. The van der Waals surface area contributed by atoms with Crippen LogP contribution in [0.4, 0.5) is 5.69 Å². The number of rotatable bonds is 18. The van der Waals surface area contributed by atoms with Gasteiger partial charge in [-0.1, -0.05) is 67.6 Å². The van der Waals surface area contributed by atoms with Gasteiger partial charge in [-0.25, -0.2) is 0 Å². The quantitative estimate of drug-likeness (QED) is 0.139. The van der Waals surface area contributed by atoms with Crippen molar-refractivity contribution in [2.24, 2.45) is 13.0 Å². The third-order valence-corrected chi connectivity index (χ3v) is 8.43. The molecule has 5 nitrogen and oxygen atoms in total. The van der Waals surface area contributed by atoms with Gasteiger partial charge in [0.15, 0.2) is 5.78 Å². The predicted octanol–water partition coefficient (Wildman–Crippen LogP) is 3.97. The maximum absolute atomic E-state index is 13.5. The number of ketones is 1. The van der Waals surface area contributed by atoms with Crippen LogP contribution < -0.4 is 40.0 Å². The summed E-state index contributed by atoms with van der Waals surface area (Å²) in [6.07, 6.45) is 8.73. The number of carboxylic acids is 1. The van der Waals surface area contributed by atoms with Crippen molar-refractivity contribution in [2.45, 2.75) is 71.1 Å². The van der Waals surface area contributed by atoms with Crippen LogP contribution >= 0.6 is 0 Å². The summed E-state index contributed by atoms with van der Waals surface area (Å²) in [7, 11) is 1.95. The molecule has 0 unspecified atom stereocenters. The molecule has 0 bridgehead atoms. The molecule has 4 rings (SSSR count). The SMILES string of the molecule is CCc1c(C(=O)c2ccc(NCC(CCCc3ccccc3)CCCc3ccccc3)cc2)cc(CCCC(=O)[O-])n1C.[Na+]. The third kappa shape index (κ3) is 10.8. The molecule has 1 aromatic heterocycles. The van der Waals surface area contributed by atoms with E-state index in [0.29, 0.717) is 29.9 Å². The number of hydrogen-bond acceptors (Lipinski definition) is 4. The fourth-order valence-corrected chi connectivity index (χ4v) is 5.96. The van der Waals surface area contributed by atoms with Gasteiger partial charge in [-0.2, -0.15) is 0 Å². The van der Waals surface area contributed by atoms with E-state index in [9.17, 15) is 14.7 Å². The Hall–Kier alpha value is -3.12. The van der Waals surface area contributed by atoms with Crippen LogP contribution in [0.1, 0.15) is 83.9 Å². The molecular weight excluding hydrogens is 555 g/mol. The average Bonchev–Trinajstić information content (AvgIpc) is 3.35. The van der Waals surface area contributed by atoms with E-state index in [-0.39, 0.29) is 41.8 Å². The number of carbonyl (C=O) groups is 2. The van der Waals surface area contributed by atoms with E-state index < -0.39 is 5.97 Å². The Morgan fingerprint density at radius 3 is 1.89 bits per heavy atom. The van der Waals surface area contributed by atoms with Crippen molar-refractivity contribution in [3.8, 4) is 0 Å². The molecule has 0 aliphatic rings. The number of carbonyl (C=O) groups excluding carboxylic acids is 2. The third-order valence-electron chi connectivity index (χ3n) is 8.43. The van der Waals surface area contributed by atoms with Gasteiger partial charge in [-0.3, -0.25) is 4.79 Å². The molecule has 4 aromatic rings. The van der Waals surface area contributed by atoms with Crippen LogP contribution in [0.5, 0.6) is 0 Å². The smallest absolute Gasteiger partial charge is 0.550 e. The molecular formula is C38H45N2NaO3. The molecule has 44 heavy (non-hydrogen) atoms. The Morgan fingerprint density at radius 1 is 0.795 bits per heavy atom. The number of hydrogen-bond donors (Lipinski definition) is 1. The van der Waals surface area contributed by atoms with Crippen LogP contribution in [-0.2, 0) is 37.5 Å². The molecule has 226 valence electrons. The minimum Gasteiger partial charge on any atom is -0.550 e. The van der Waals surface area contributed by atoms with E-state index in [2.05, 4.69) is 66.0 Å². The molecule has 0 saturated heterocycles. The van der Waals surface area contributed by atoms with Crippen LogP contribution in [0.2, 0.25) is 0 Å². The first-order valence-corrected chi connectivity index (χ1v) is 15.8. The van der Waals surface area contributed by atoms with E-state index in [0.717, 1.165) is 42.9 Å². The first kappa shape index (κ1) is 35.4. The Bertz CT molecular complexity index is 1390. The van der Waals surface area contributed by atoms with Gasteiger partial charge in [0.05, 0.1) is 0 Å². The van der Waals surface area contributed by atoms with Gasteiger partial charge in [0.1, 0.15) is 0 Å². The molecule has 1 N–H and O–H groups in total. The Balaban J connectivity index is 0.00000529. The number of aromatic nitrogens is 1. The Kier molecular flexibility index (Phi) is 15.0. The van der Waals surface area contributed by atoms with Crippen LogP contribution in [0.15, 0.2) is 91.0 Å². The van der Waals surface area contributed by atoms with Crippen LogP contribution in [-0.4, -0.2) is 22.9 Å². The van der Waals surface area contributed by atoms with Crippen LogP contribution in [0.3, 0.4) is 0 Å². The van der Waals surface area contributed by atoms with E-state index in [1.54, 1.807) is 0 Å². The first-order valence-electron chi connectivity index (χ1n) is 15.8. The minimum atomic E-state index is -1.04. The summed E-state index contributed by atoms with van der Waals surface area (Å²) in [4.78, 5) is 24.3. The summed E-state index contributed by atoms with van der Waals surface area (Å²) in [5, 5.41) is 14.5. The zero-order valence-corrected chi connectivity index (χ0v) is 28.7. The fourth-order valence-electron chi connectivity index (χ4n) is 5.96. The zero-order valence-electron chi connectivity index (χ0n) is 26.7. The van der Waals surface area contributed by atoms with Gasteiger partial charge in [0.25, 0.3) is 0 Å². The molecule has 0 atom stereocenters. The second kappa shape index (κ2) is 18.6. The van der Waals surface area contributed by atoms with Crippen molar-refractivity contribution in [3.63, 3.8) is 0 Å². The normalized spacial score (nSPS) is 10.9. The summed E-state index contributed by atoms with van der Waals surface area (Å²) in [5.41, 5.74) is 7.14. The number of carboxylic acid groups (broad SMARTS) is 1. The van der Waals surface area contributed by atoms with Gasteiger partial charge in [-0.05, 0) is 112 Å². The number of aryl methyl sites for hydroxylation is 3. The van der Waals surface area contributed by atoms with Gasteiger partial charge in [0, 0.05) is 47.8 Å². The van der Waals surface area contributed by atoms with Crippen molar-refractivity contribution in [1.82, 2.24) is 4.57 Å². The summed E-state index contributed by atoms with van der Waals surface area (Å²) in [6.45, 7) is 2.95. The van der Waals surface area contributed by atoms with Crippen LogP contribution in [0, 0.1) is 5.92 Å². The van der Waals surface area contributed by atoms with Crippen molar-refractivity contribution < 1.29 is 44.3 Å². The maximum atomic E-state index is 13.5. The van der Waals surface area contributed by atoms with Crippen molar-refractivity contribution in [1.29, 1.82) is 0 Å². The van der Waals surface area contributed by atoms with Gasteiger partial charge >= 0.3 is 29.6 Å². The van der Waals surface area contributed by atoms with E-state index in [4.69, 9.17) is 0 Å². The van der Waals surface area contributed by atoms with E-state index >= 15 is 0 Å². The number of aliphatic carboxylic acids is 1. The van der Waals surface area contributed by atoms with E-state index in [1.165, 1.54) is 36.8 Å². The van der Waals surface area contributed by atoms with E-state index in [1.807, 2.05) is 48.9 Å². The van der Waals surface area contributed by atoms with Crippen molar-refractivity contribution >= 4 is 17.4 Å². The number of benzene rings is 3.